The van der Waals surface area contributed by atoms with Crippen LogP contribution in [0.5, 0.6) is 11.5 Å². The Morgan fingerprint density at radius 2 is 1.69 bits per heavy atom. The molecule has 6 heteroatoms. The third-order valence-corrected chi connectivity index (χ3v) is 7.26. The second-order valence-corrected chi connectivity index (χ2v) is 9.94. The summed E-state index contributed by atoms with van der Waals surface area (Å²) < 4.78 is 2.21. The molecule has 4 aromatic rings. The van der Waals surface area contributed by atoms with Crippen molar-refractivity contribution in [2.45, 2.75) is 23.8 Å². The molecule has 2 aromatic heterocycles. The van der Waals surface area contributed by atoms with E-state index in [-0.39, 0.29) is 16.2 Å². The Hall–Kier alpha value is -1.34. The summed E-state index contributed by atoms with van der Waals surface area (Å²) in [6, 6.07) is 11.8. The van der Waals surface area contributed by atoms with E-state index in [9.17, 15) is 10.2 Å². The summed E-state index contributed by atoms with van der Waals surface area (Å²) in [6.07, 6.45) is 0.722. The molecule has 2 atom stereocenters. The van der Waals surface area contributed by atoms with Crippen LogP contribution in [0.3, 0.4) is 0 Å². The van der Waals surface area contributed by atoms with Crippen molar-refractivity contribution in [3.05, 3.63) is 57.8 Å². The fourth-order valence-corrected chi connectivity index (χ4v) is 5.84. The van der Waals surface area contributed by atoms with E-state index in [1.165, 1.54) is 4.88 Å². The Kier molecular flexibility index (Phi) is 4.86. The highest BCUT2D eigenvalue weighted by Crippen LogP contribution is 2.40. The summed E-state index contributed by atoms with van der Waals surface area (Å²) in [7, 11) is 0. The van der Waals surface area contributed by atoms with Gasteiger partial charge in [-0.2, -0.15) is 25.3 Å². The van der Waals surface area contributed by atoms with Crippen LogP contribution in [-0.4, -0.2) is 10.2 Å². The van der Waals surface area contributed by atoms with Crippen molar-refractivity contribution in [2.24, 2.45) is 0 Å². The fraction of sp³-hybridized carbons (Fsp3) is 0.200. The molecule has 0 aliphatic carbocycles. The molecule has 0 radical (unpaired) electrons. The average Bonchev–Trinajstić information content (AvgIpc) is 3.18. The zero-order chi connectivity index (χ0) is 18.4. The maximum absolute atomic E-state index is 10.4. The van der Waals surface area contributed by atoms with E-state index in [1.807, 2.05) is 42.6 Å². The summed E-state index contributed by atoms with van der Waals surface area (Å²) in [4.78, 5) is 1.18. The lowest BCUT2D eigenvalue weighted by Gasteiger charge is -2.12. The van der Waals surface area contributed by atoms with Crippen molar-refractivity contribution in [2.75, 3.05) is 0 Å². The number of benzene rings is 2. The van der Waals surface area contributed by atoms with Crippen LogP contribution in [0.4, 0.5) is 0 Å². The van der Waals surface area contributed by atoms with E-state index in [1.54, 1.807) is 22.7 Å². The van der Waals surface area contributed by atoms with E-state index in [4.69, 9.17) is 12.6 Å². The molecule has 2 heterocycles. The van der Waals surface area contributed by atoms with E-state index in [0.717, 1.165) is 37.7 Å². The van der Waals surface area contributed by atoms with Crippen molar-refractivity contribution in [3.8, 4) is 11.5 Å². The fourth-order valence-electron chi connectivity index (χ4n) is 3.16. The third kappa shape index (κ3) is 3.31. The Labute approximate surface area is 170 Å². The Morgan fingerprint density at radius 1 is 0.923 bits per heavy atom. The van der Waals surface area contributed by atoms with E-state index in [2.05, 4.69) is 18.7 Å². The lowest BCUT2D eigenvalue weighted by atomic mass is 10.0. The van der Waals surface area contributed by atoms with Gasteiger partial charge in [0.25, 0.3) is 0 Å². The first kappa shape index (κ1) is 18.0. The SMILES string of the molecule is CC(S)c1cc2cc(CC(S)c3cc4sccc4cc3O)sc2cc1O. The molecule has 0 fully saturated rings. The van der Waals surface area contributed by atoms with E-state index < -0.39 is 0 Å². The first-order valence-electron chi connectivity index (χ1n) is 8.24. The Balaban J connectivity index is 1.66. The number of hydrogen-bond acceptors (Lipinski definition) is 6. The molecule has 0 aliphatic heterocycles. The van der Waals surface area contributed by atoms with Crippen molar-refractivity contribution >= 4 is 68.1 Å². The number of phenols is 2. The van der Waals surface area contributed by atoms with Gasteiger partial charge in [0.2, 0.25) is 0 Å². The van der Waals surface area contributed by atoms with Crippen LogP contribution in [0.15, 0.2) is 41.8 Å². The molecule has 0 saturated carbocycles. The highest BCUT2D eigenvalue weighted by atomic mass is 32.1. The molecule has 0 spiro atoms. The maximum atomic E-state index is 10.4. The molecular weight excluding hydrogens is 400 g/mol. The molecule has 2 aromatic carbocycles. The quantitative estimate of drug-likeness (QED) is 0.277. The van der Waals surface area contributed by atoms with Gasteiger partial charge in [-0.1, -0.05) is 0 Å². The average molecular weight is 419 g/mol. The van der Waals surface area contributed by atoms with Crippen molar-refractivity contribution < 1.29 is 10.2 Å². The Morgan fingerprint density at radius 3 is 2.46 bits per heavy atom. The van der Waals surface area contributed by atoms with Crippen molar-refractivity contribution in [1.82, 2.24) is 0 Å². The van der Waals surface area contributed by atoms with Crippen molar-refractivity contribution in [1.29, 1.82) is 0 Å². The number of thiol groups is 2. The molecule has 4 rings (SSSR count). The topological polar surface area (TPSA) is 40.5 Å². The lowest BCUT2D eigenvalue weighted by Crippen LogP contribution is -1.94. The van der Waals surface area contributed by atoms with Gasteiger partial charge in [0, 0.05) is 35.9 Å². The molecule has 2 N–H and O–H groups in total. The van der Waals surface area contributed by atoms with Crippen LogP contribution in [0, 0.1) is 0 Å². The predicted octanol–water partition coefficient (Wildman–Crippen LogP) is 6.73. The van der Waals surface area contributed by atoms with Crippen LogP contribution in [-0.2, 0) is 6.42 Å². The van der Waals surface area contributed by atoms with Gasteiger partial charge in [0.15, 0.2) is 0 Å². The molecule has 0 amide bonds. The van der Waals surface area contributed by atoms with Gasteiger partial charge in [-0.3, -0.25) is 0 Å². The van der Waals surface area contributed by atoms with Gasteiger partial charge in [0.05, 0.1) is 0 Å². The van der Waals surface area contributed by atoms with Gasteiger partial charge in [-0.15, -0.1) is 22.7 Å². The predicted molar refractivity (Wildman–Crippen MR) is 120 cm³/mol. The minimum Gasteiger partial charge on any atom is -0.508 e. The molecule has 2 nitrogen and oxygen atoms in total. The van der Waals surface area contributed by atoms with Gasteiger partial charge < -0.3 is 10.2 Å². The minimum atomic E-state index is -0.0913. The standard InChI is InChI=1S/C20H18O2S4/c1-10(23)14-5-12-4-13(26-20(12)9-17(14)22)7-18(24)15-8-19-11(2-3-25-19)6-16(15)21/h2-6,8-10,18,21-24H,7H2,1H3. The number of rotatable bonds is 4. The van der Waals surface area contributed by atoms with Crippen molar-refractivity contribution in [3.63, 3.8) is 0 Å². The second-order valence-electron chi connectivity index (χ2n) is 6.43. The first-order chi connectivity index (χ1) is 12.4. The zero-order valence-electron chi connectivity index (χ0n) is 14.0. The number of fused-ring (bicyclic) bond motifs is 2. The van der Waals surface area contributed by atoms with Gasteiger partial charge in [0.1, 0.15) is 11.5 Å². The minimum absolute atomic E-state index is 0.0187. The monoisotopic (exact) mass is 418 g/mol. The number of phenolic OH excluding ortho intramolecular Hbond substituents is 2. The first-order valence-corrected chi connectivity index (χ1v) is 11.0. The van der Waals surface area contributed by atoms with Crippen LogP contribution in [0.1, 0.15) is 33.4 Å². The molecule has 0 aliphatic rings. The summed E-state index contributed by atoms with van der Waals surface area (Å²) in [6.45, 7) is 1.95. The van der Waals surface area contributed by atoms with Crippen LogP contribution < -0.4 is 0 Å². The zero-order valence-corrected chi connectivity index (χ0v) is 17.4. The summed E-state index contributed by atoms with van der Waals surface area (Å²) in [5, 5.41) is 24.6. The molecular formula is C20H18O2S4. The number of hydrogen-bond donors (Lipinski definition) is 4. The van der Waals surface area contributed by atoms with Gasteiger partial charge >= 0.3 is 0 Å². The largest absolute Gasteiger partial charge is 0.508 e. The van der Waals surface area contributed by atoms with E-state index in [0.29, 0.717) is 5.75 Å². The summed E-state index contributed by atoms with van der Waals surface area (Å²) in [5.74, 6) is 0.581. The molecule has 0 bridgehead atoms. The smallest absolute Gasteiger partial charge is 0.121 e. The Bertz CT molecular complexity index is 1090. The molecule has 0 saturated heterocycles. The second kappa shape index (κ2) is 7.00. The summed E-state index contributed by atoms with van der Waals surface area (Å²) in [5.41, 5.74) is 1.70. The third-order valence-electron chi connectivity index (χ3n) is 4.52. The molecule has 134 valence electrons. The number of thiophene rings is 2. The van der Waals surface area contributed by atoms with Gasteiger partial charge in [-0.25, -0.2) is 0 Å². The normalized spacial score (nSPS) is 14.1. The van der Waals surface area contributed by atoms with E-state index >= 15 is 0 Å². The van der Waals surface area contributed by atoms with Crippen LogP contribution in [0.25, 0.3) is 20.2 Å². The van der Waals surface area contributed by atoms with Crippen LogP contribution in [0.2, 0.25) is 0 Å². The molecule has 2 unspecified atom stereocenters. The van der Waals surface area contributed by atoms with Crippen LogP contribution >= 0.6 is 47.9 Å². The lowest BCUT2D eigenvalue weighted by molar-refractivity contribution is 0.468. The highest BCUT2D eigenvalue weighted by molar-refractivity contribution is 7.80. The van der Waals surface area contributed by atoms with Gasteiger partial charge in [-0.05, 0) is 65.9 Å². The highest BCUT2D eigenvalue weighted by Gasteiger charge is 2.16. The summed E-state index contributed by atoms with van der Waals surface area (Å²) >= 11 is 12.5. The number of aromatic hydroxyl groups is 2. The molecule has 26 heavy (non-hydrogen) atoms. The maximum Gasteiger partial charge on any atom is 0.121 e.